The van der Waals surface area contributed by atoms with Crippen LogP contribution >= 0.6 is 35.3 Å². The summed E-state index contributed by atoms with van der Waals surface area (Å²) in [4.78, 5) is 5.93. The van der Waals surface area contributed by atoms with Crippen molar-refractivity contribution in [1.82, 2.24) is 10.6 Å². The fourth-order valence-electron chi connectivity index (χ4n) is 1.36. The molecule has 0 aliphatic heterocycles. The minimum Gasteiger partial charge on any atom is -0.357 e. The Kier molecular flexibility index (Phi) is 9.45. The maximum Gasteiger partial charge on any atom is 0.191 e. The molecule has 0 aromatic carbocycles. The van der Waals surface area contributed by atoms with Gasteiger partial charge in [-0.3, -0.25) is 0 Å². The second-order valence-corrected chi connectivity index (χ2v) is 5.50. The molecule has 0 aliphatic carbocycles. The van der Waals surface area contributed by atoms with Crippen molar-refractivity contribution < 1.29 is 0 Å². The zero-order valence-electron chi connectivity index (χ0n) is 11.6. The Morgan fingerprint density at radius 2 is 2.11 bits per heavy atom. The first-order valence-electron chi connectivity index (χ1n) is 6.18. The molecule has 1 aromatic rings. The van der Waals surface area contributed by atoms with Gasteiger partial charge in [0.25, 0.3) is 0 Å². The molecule has 0 saturated carbocycles. The predicted octanol–water partition coefficient (Wildman–Crippen LogP) is 3.39. The van der Waals surface area contributed by atoms with E-state index < -0.39 is 0 Å². The standard InChI is InChI=1S/C13H23N3S.HI/c1-5-14-13(15-8-10(2)3)16-9-12-11(4)6-7-17-12;/h6-7,10H,5,8-9H2,1-4H3,(H2,14,15,16);1H. The fraction of sp³-hybridized carbons (Fsp3) is 0.615. The van der Waals surface area contributed by atoms with E-state index >= 15 is 0 Å². The predicted molar refractivity (Wildman–Crippen MR) is 92.1 cm³/mol. The number of rotatable bonds is 5. The van der Waals surface area contributed by atoms with Crippen LogP contribution < -0.4 is 10.6 Å². The minimum absolute atomic E-state index is 0. The Bertz CT molecular complexity index is 361. The number of hydrogen-bond donors (Lipinski definition) is 2. The van der Waals surface area contributed by atoms with Gasteiger partial charge in [-0.05, 0) is 36.8 Å². The maximum atomic E-state index is 4.59. The number of nitrogens with zero attached hydrogens (tertiary/aromatic N) is 1. The molecule has 1 aromatic heterocycles. The average Bonchev–Trinajstić information content (AvgIpc) is 2.68. The van der Waals surface area contributed by atoms with Crippen molar-refractivity contribution in [2.45, 2.75) is 34.2 Å². The van der Waals surface area contributed by atoms with Crippen molar-refractivity contribution in [2.24, 2.45) is 10.9 Å². The number of hydrogen-bond acceptors (Lipinski definition) is 2. The van der Waals surface area contributed by atoms with Crippen molar-refractivity contribution in [3.8, 4) is 0 Å². The number of nitrogens with one attached hydrogen (secondary N) is 2. The summed E-state index contributed by atoms with van der Waals surface area (Å²) < 4.78 is 0. The summed E-state index contributed by atoms with van der Waals surface area (Å²) in [6, 6.07) is 2.14. The van der Waals surface area contributed by atoms with Crippen molar-refractivity contribution in [3.63, 3.8) is 0 Å². The Labute approximate surface area is 131 Å². The zero-order valence-corrected chi connectivity index (χ0v) is 14.8. The number of aryl methyl sites for hydroxylation is 1. The zero-order chi connectivity index (χ0) is 12.7. The third-order valence-electron chi connectivity index (χ3n) is 2.37. The van der Waals surface area contributed by atoms with Crippen LogP contribution in [0.3, 0.4) is 0 Å². The van der Waals surface area contributed by atoms with E-state index in [2.05, 4.69) is 54.8 Å². The lowest BCUT2D eigenvalue weighted by Crippen LogP contribution is -2.39. The molecule has 0 spiro atoms. The van der Waals surface area contributed by atoms with E-state index in [-0.39, 0.29) is 24.0 Å². The number of aliphatic imine (C=N–C) groups is 1. The van der Waals surface area contributed by atoms with Crippen molar-refractivity contribution in [1.29, 1.82) is 0 Å². The normalized spacial score (nSPS) is 11.3. The molecule has 5 heteroatoms. The Morgan fingerprint density at radius 3 is 2.61 bits per heavy atom. The molecule has 0 amide bonds. The van der Waals surface area contributed by atoms with Gasteiger partial charge in [0, 0.05) is 18.0 Å². The van der Waals surface area contributed by atoms with Gasteiger partial charge in [0.2, 0.25) is 0 Å². The molecule has 0 fully saturated rings. The average molecular weight is 381 g/mol. The van der Waals surface area contributed by atoms with Gasteiger partial charge in [0.15, 0.2) is 5.96 Å². The van der Waals surface area contributed by atoms with Gasteiger partial charge in [-0.25, -0.2) is 4.99 Å². The highest BCUT2D eigenvalue weighted by atomic mass is 127. The van der Waals surface area contributed by atoms with Crippen LogP contribution in [-0.4, -0.2) is 19.0 Å². The van der Waals surface area contributed by atoms with Crippen LogP contribution in [0.1, 0.15) is 31.2 Å². The SMILES string of the molecule is CCNC(=NCc1sccc1C)NCC(C)C.I. The molecule has 3 nitrogen and oxygen atoms in total. The summed E-state index contributed by atoms with van der Waals surface area (Å²) in [6.07, 6.45) is 0. The third-order valence-corrected chi connectivity index (χ3v) is 3.38. The monoisotopic (exact) mass is 381 g/mol. The molecule has 2 N–H and O–H groups in total. The van der Waals surface area contributed by atoms with Gasteiger partial charge in [-0.15, -0.1) is 35.3 Å². The highest BCUT2D eigenvalue weighted by molar-refractivity contribution is 14.0. The van der Waals surface area contributed by atoms with E-state index in [0.717, 1.165) is 25.6 Å². The lowest BCUT2D eigenvalue weighted by atomic mass is 10.2. The first-order chi connectivity index (χ1) is 8.13. The molecule has 0 unspecified atom stereocenters. The molecular formula is C13H24IN3S. The Morgan fingerprint density at radius 1 is 1.39 bits per heavy atom. The lowest BCUT2D eigenvalue weighted by molar-refractivity contribution is 0.615. The number of halogens is 1. The molecule has 0 bridgehead atoms. The van der Waals surface area contributed by atoms with Crippen LogP contribution in [0.5, 0.6) is 0 Å². The van der Waals surface area contributed by atoms with Gasteiger partial charge in [0.1, 0.15) is 0 Å². The molecule has 0 radical (unpaired) electrons. The number of guanidine groups is 1. The molecule has 104 valence electrons. The molecule has 0 atom stereocenters. The highest BCUT2D eigenvalue weighted by Crippen LogP contribution is 2.16. The summed E-state index contributed by atoms with van der Waals surface area (Å²) in [5.41, 5.74) is 1.33. The minimum atomic E-state index is 0. The number of thiophene rings is 1. The smallest absolute Gasteiger partial charge is 0.191 e. The second kappa shape index (κ2) is 9.61. The molecule has 1 rings (SSSR count). The molecule has 0 aliphatic rings. The summed E-state index contributed by atoms with van der Waals surface area (Å²) in [7, 11) is 0. The van der Waals surface area contributed by atoms with Gasteiger partial charge >= 0.3 is 0 Å². The van der Waals surface area contributed by atoms with E-state index in [1.54, 1.807) is 11.3 Å². The van der Waals surface area contributed by atoms with Crippen LogP contribution in [0.25, 0.3) is 0 Å². The van der Waals surface area contributed by atoms with Crippen LogP contribution in [0.15, 0.2) is 16.4 Å². The fourth-order valence-corrected chi connectivity index (χ4v) is 2.19. The summed E-state index contributed by atoms with van der Waals surface area (Å²) in [6.45, 7) is 11.2. The highest BCUT2D eigenvalue weighted by Gasteiger charge is 2.01. The molecule has 0 saturated heterocycles. The lowest BCUT2D eigenvalue weighted by Gasteiger charge is -2.12. The Balaban J connectivity index is 0.00000289. The van der Waals surface area contributed by atoms with Crippen molar-refractivity contribution >= 4 is 41.3 Å². The third kappa shape index (κ3) is 6.58. The van der Waals surface area contributed by atoms with Crippen LogP contribution in [0.2, 0.25) is 0 Å². The summed E-state index contributed by atoms with van der Waals surface area (Å²) >= 11 is 1.77. The van der Waals surface area contributed by atoms with Crippen LogP contribution in [0.4, 0.5) is 0 Å². The van der Waals surface area contributed by atoms with Gasteiger partial charge in [0.05, 0.1) is 6.54 Å². The van der Waals surface area contributed by atoms with Crippen molar-refractivity contribution in [3.05, 3.63) is 21.9 Å². The van der Waals surface area contributed by atoms with Gasteiger partial charge < -0.3 is 10.6 Å². The molecular weight excluding hydrogens is 357 g/mol. The largest absolute Gasteiger partial charge is 0.357 e. The molecule has 1 heterocycles. The van der Waals surface area contributed by atoms with Crippen LogP contribution in [0, 0.1) is 12.8 Å². The van der Waals surface area contributed by atoms with Gasteiger partial charge in [-0.1, -0.05) is 13.8 Å². The summed E-state index contributed by atoms with van der Waals surface area (Å²) in [5.74, 6) is 1.54. The molecule has 18 heavy (non-hydrogen) atoms. The van der Waals surface area contributed by atoms with E-state index in [4.69, 9.17) is 0 Å². The van der Waals surface area contributed by atoms with E-state index in [1.165, 1.54) is 10.4 Å². The quantitative estimate of drug-likeness (QED) is 0.466. The van der Waals surface area contributed by atoms with Crippen molar-refractivity contribution in [2.75, 3.05) is 13.1 Å². The first kappa shape index (κ1) is 17.7. The topological polar surface area (TPSA) is 36.4 Å². The maximum absolute atomic E-state index is 4.59. The summed E-state index contributed by atoms with van der Waals surface area (Å²) in [5, 5.41) is 8.73. The van der Waals surface area contributed by atoms with E-state index in [9.17, 15) is 0 Å². The Hall–Kier alpha value is -0.300. The van der Waals surface area contributed by atoms with E-state index in [0.29, 0.717) is 5.92 Å². The van der Waals surface area contributed by atoms with Gasteiger partial charge in [-0.2, -0.15) is 0 Å². The van der Waals surface area contributed by atoms with Crippen LogP contribution in [-0.2, 0) is 6.54 Å². The van der Waals surface area contributed by atoms with E-state index in [1.807, 2.05) is 0 Å². The first-order valence-corrected chi connectivity index (χ1v) is 7.06. The second-order valence-electron chi connectivity index (χ2n) is 4.50.